The van der Waals surface area contributed by atoms with Crippen LogP contribution >= 0.6 is 0 Å². The molecule has 0 aliphatic heterocycles. The summed E-state index contributed by atoms with van der Waals surface area (Å²) in [7, 11) is 0. The van der Waals surface area contributed by atoms with Gasteiger partial charge in [-0.2, -0.15) is 0 Å². The maximum Gasteiger partial charge on any atom is 0.135 e. The molecule has 0 amide bonds. The third kappa shape index (κ3) is 2.50. The lowest BCUT2D eigenvalue weighted by Gasteiger charge is -2.01. The average Bonchev–Trinajstić information content (AvgIpc) is 2.04. The van der Waals surface area contributed by atoms with Gasteiger partial charge in [-0.3, -0.25) is 0 Å². The Bertz CT molecular complexity index is 203. The van der Waals surface area contributed by atoms with Crippen LogP contribution in [0.5, 0.6) is 11.5 Å². The molecule has 1 aromatic carbocycles. The van der Waals surface area contributed by atoms with Crippen LogP contribution < -0.4 is 4.74 Å². The quantitative estimate of drug-likeness (QED) is 0.718. The van der Waals surface area contributed by atoms with E-state index in [1.807, 2.05) is 6.92 Å². The highest BCUT2D eigenvalue weighted by Crippen LogP contribution is 2.16. The molecule has 0 saturated heterocycles. The van der Waals surface area contributed by atoms with E-state index >= 15 is 0 Å². The van der Waals surface area contributed by atoms with Crippen molar-refractivity contribution < 1.29 is 9.84 Å². The Labute approximate surface area is 66.4 Å². The molecule has 0 bridgehead atoms. The Balaban J connectivity index is 2.52. The first-order chi connectivity index (χ1) is 5.33. The molecule has 11 heavy (non-hydrogen) atoms. The lowest BCUT2D eigenvalue weighted by atomic mass is 10.3. The minimum atomic E-state index is 0.258. The second kappa shape index (κ2) is 3.86. The largest absolute Gasteiger partial charge is 0.508 e. The van der Waals surface area contributed by atoms with Gasteiger partial charge in [-0.25, -0.2) is 0 Å². The van der Waals surface area contributed by atoms with Crippen LogP contribution in [0.4, 0.5) is 0 Å². The van der Waals surface area contributed by atoms with Crippen molar-refractivity contribution in [3.8, 4) is 11.5 Å². The number of benzene rings is 1. The topological polar surface area (TPSA) is 29.5 Å². The Morgan fingerprint density at radius 1 is 1.36 bits per heavy atom. The molecule has 1 rings (SSSR count). The minimum absolute atomic E-state index is 0.258. The number of hydrogen-bond acceptors (Lipinski definition) is 2. The van der Waals surface area contributed by atoms with Crippen LogP contribution in [0.3, 0.4) is 0 Å². The molecular weight excluding hydrogens is 140 g/mol. The number of hydrogen-bond donors (Lipinski definition) is 1. The Morgan fingerprint density at radius 2 is 2.00 bits per heavy atom. The summed E-state index contributed by atoms with van der Waals surface area (Å²) in [5, 5.41) is 8.92. The van der Waals surface area contributed by atoms with Crippen molar-refractivity contribution in [1.82, 2.24) is 0 Å². The smallest absolute Gasteiger partial charge is 0.135 e. The van der Waals surface area contributed by atoms with Crippen molar-refractivity contribution in [1.29, 1.82) is 0 Å². The van der Waals surface area contributed by atoms with Crippen LogP contribution in [0.25, 0.3) is 0 Å². The summed E-state index contributed by atoms with van der Waals surface area (Å²) in [5.74, 6) is 1.01. The van der Waals surface area contributed by atoms with Gasteiger partial charge in [0.2, 0.25) is 0 Å². The van der Waals surface area contributed by atoms with Crippen LogP contribution in [0, 0.1) is 6.61 Å². The van der Waals surface area contributed by atoms with Crippen LogP contribution in [-0.4, -0.2) is 5.11 Å². The molecule has 1 radical (unpaired) electrons. The van der Waals surface area contributed by atoms with E-state index in [9.17, 15) is 0 Å². The normalized spacial score (nSPS) is 9.55. The monoisotopic (exact) mass is 151 g/mol. The van der Waals surface area contributed by atoms with Gasteiger partial charge in [0.25, 0.3) is 0 Å². The summed E-state index contributed by atoms with van der Waals surface area (Å²) in [5.41, 5.74) is 0. The Morgan fingerprint density at radius 3 is 2.55 bits per heavy atom. The highest BCUT2D eigenvalue weighted by Gasteiger charge is 1.91. The molecule has 0 aliphatic rings. The van der Waals surface area contributed by atoms with Gasteiger partial charge < -0.3 is 9.84 Å². The SMILES string of the molecule is CC[CH]Oc1ccc(O)cc1. The van der Waals surface area contributed by atoms with Crippen LogP contribution in [0.15, 0.2) is 24.3 Å². The number of phenols is 1. The van der Waals surface area contributed by atoms with E-state index in [1.165, 1.54) is 0 Å². The number of aromatic hydroxyl groups is 1. The molecule has 2 nitrogen and oxygen atoms in total. The van der Waals surface area contributed by atoms with Crippen molar-refractivity contribution in [3.63, 3.8) is 0 Å². The van der Waals surface area contributed by atoms with Crippen molar-refractivity contribution in [2.45, 2.75) is 13.3 Å². The van der Waals surface area contributed by atoms with Gasteiger partial charge in [0.15, 0.2) is 0 Å². The predicted octanol–water partition coefficient (Wildman–Crippen LogP) is 2.34. The summed E-state index contributed by atoms with van der Waals surface area (Å²) in [4.78, 5) is 0. The zero-order valence-corrected chi connectivity index (χ0v) is 6.45. The lowest BCUT2D eigenvalue weighted by Crippen LogP contribution is -1.86. The molecule has 0 atom stereocenters. The van der Waals surface area contributed by atoms with E-state index in [2.05, 4.69) is 0 Å². The van der Waals surface area contributed by atoms with Crippen molar-refractivity contribution in [2.24, 2.45) is 0 Å². The second-order valence-corrected chi connectivity index (χ2v) is 2.19. The average molecular weight is 151 g/mol. The molecule has 0 fully saturated rings. The number of rotatable bonds is 3. The summed E-state index contributed by atoms with van der Waals surface area (Å²) in [6.07, 6.45) is 0.876. The van der Waals surface area contributed by atoms with Gasteiger partial charge >= 0.3 is 0 Å². The Kier molecular flexibility index (Phi) is 2.78. The van der Waals surface area contributed by atoms with Gasteiger partial charge in [-0.15, -0.1) is 0 Å². The predicted molar refractivity (Wildman–Crippen MR) is 43.3 cm³/mol. The van der Waals surface area contributed by atoms with Crippen molar-refractivity contribution in [2.75, 3.05) is 0 Å². The van der Waals surface area contributed by atoms with E-state index in [-0.39, 0.29) is 5.75 Å². The highest BCUT2D eigenvalue weighted by molar-refractivity contribution is 5.30. The van der Waals surface area contributed by atoms with E-state index in [1.54, 1.807) is 30.9 Å². The maximum atomic E-state index is 8.92. The third-order valence-corrected chi connectivity index (χ3v) is 1.22. The Hall–Kier alpha value is -1.18. The summed E-state index contributed by atoms with van der Waals surface area (Å²) in [6.45, 7) is 3.72. The zero-order chi connectivity index (χ0) is 8.10. The number of phenolic OH excluding ortho intramolecular Hbond substituents is 1. The maximum absolute atomic E-state index is 8.92. The minimum Gasteiger partial charge on any atom is -0.508 e. The third-order valence-electron chi connectivity index (χ3n) is 1.22. The molecule has 0 saturated carbocycles. The molecule has 0 unspecified atom stereocenters. The molecule has 1 aromatic rings. The summed E-state index contributed by atoms with van der Waals surface area (Å²) >= 11 is 0. The molecule has 0 heterocycles. The van der Waals surface area contributed by atoms with E-state index < -0.39 is 0 Å². The summed E-state index contributed by atoms with van der Waals surface area (Å²) < 4.78 is 5.17. The molecule has 0 aliphatic carbocycles. The molecule has 59 valence electrons. The van der Waals surface area contributed by atoms with Gasteiger partial charge in [0, 0.05) is 0 Å². The second-order valence-electron chi connectivity index (χ2n) is 2.19. The highest BCUT2D eigenvalue weighted by atomic mass is 16.5. The van der Waals surface area contributed by atoms with E-state index in [4.69, 9.17) is 9.84 Å². The lowest BCUT2D eigenvalue weighted by molar-refractivity contribution is 0.395. The van der Waals surface area contributed by atoms with Gasteiger partial charge in [-0.05, 0) is 30.7 Å². The molecular formula is C9H11O2. The molecule has 0 aromatic heterocycles. The fourth-order valence-electron chi connectivity index (χ4n) is 0.704. The zero-order valence-electron chi connectivity index (χ0n) is 6.45. The fraction of sp³-hybridized carbons (Fsp3) is 0.222. The van der Waals surface area contributed by atoms with E-state index in [0.717, 1.165) is 12.2 Å². The van der Waals surface area contributed by atoms with Crippen LogP contribution in [0.2, 0.25) is 0 Å². The van der Waals surface area contributed by atoms with Crippen LogP contribution in [0.1, 0.15) is 13.3 Å². The fourth-order valence-corrected chi connectivity index (χ4v) is 0.704. The number of ether oxygens (including phenoxy) is 1. The molecule has 1 N–H and O–H groups in total. The van der Waals surface area contributed by atoms with Crippen molar-refractivity contribution in [3.05, 3.63) is 30.9 Å². The molecule has 0 spiro atoms. The standard InChI is InChI=1S/C9H11O2/c1-2-7-11-9-5-3-8(10)4-6-9/h3-7,10H,2H2,1H3. The van der Waals surface area contributed by atoms with Crippen molar-refractivity contribution >= 4 is 0 Å². The van der Waals surface area contributed by atoms with Gasteiger partial charge in [-0.1, -0.05) is 6.92 Å². The molecule has 2 heteroatoms. The first-order valence-corrected chi connectivity index (χ1v) is 3.60. The summed E-state index contributed by atoms with van der Waals surface area (Å²) in [6, 6.07) is 6.64. The van der Waals surface area contributed by atoms with Gasteiger partial charge in [0.1, 0.15) is 18.1 Å². The van der Waals surface area contributed by atoms with Gasteiger partial charge in [0.05, 0.1) is 0 Å². The van der Waals surface area contributed by atoms with Crippen LogP contribution in [-0.2, 0) is 0 Å². The first-order valence-electron chi connectivity index (χ1n) is 3.60. The first kappa shape index (κ1) is 7.92. The van der Waals surface area contributed by atoms with E-state index in [0.29, 0.717) is 0 Å².